The van der Waals surface area contributed by atoms with Gasteiger partial charge in [-0.2, -0.15) is 5.26 Å². The molecule has 0 radical (unpaired) electrons. The Bertz CT molecular complexity index is 509. The minimum absolute atomic E-state index is 0.667. The molecule has 1 aromatic heterocycles. The number of hydrogen-bond donors (Lipinski definition) is 0. The van der Waals surface area contributed by atoms with Gasteiger partial charge in [-0.15, -0.1) is 0 Å². The van der Waals surface area contributed by atoms with Crippen molar-refractivity contribution in [2.75, 3.05) is 0 Å². The molecule has 0 N–H and O–H groups in total. The molecule has 0 bridgehead atoms. The van der Waals surface area contributed by atoms with E-state index in [4.69, 9.17) is 5.26 Å². The molecule has 0 atom stereocenters. The van der Waals surface area contributed by atoms with E-state index in [0.29, 0.717) is 5.69 Å². The highest BCUT2D eigenvalue weighted by Gasteiger charge is 2.02. The van der Waals surface area contributed by atoms with Crippen LogP contribution in [0.15, 0.2) is 36.5 Å². The molecule has 1 heterocycles. The first kappa shape index (κ1) is 9.54. The molecule has 1 aromatic carbocycles. The van der Waals surface area contributed by atoms with Crippen LogP contribution >= 0.6 is 0 Å². The number of aromatic nitrogens is 1. The Hall–Kier alpha value is -2.01. The van der Waals surface area contributed by atoms with E-state index in [1.165, 1.54) is 11.1 Å². The van der Waals surface area contributed by atoms with Crippen molar-refractivity contribution in [1.29, 1.82) is 5.26 Å². The lowest BCUT2D eigenvalue weighted by Crippen LogP contribution is -1.96. The van der Waals surface area contributed by atoms with Gasteiger partial charge in [-0.1, -0.05) is 6.07 Å². The van der Waals surface area contributed by atoms with Crippen LogP contribution in [0.4, 0.5) is 0 Å². The van der Waals surface area contributed by atoms with Gasteiger partial charge in [-0.25, -0.2) is 0 Å². The molecule has 0 spiro atoms. The summed E-state index contributed by atoms with van der Waals surface area (Å²) in [4.78, 5) is 0. The largest absolute Gasteiger partial charge is 0.308 e. The molecule has 0 amide bonds. The summed E-state index contributed by atoms with van der Waals surface area (Å²) in [6.45, 7) is 4.12. The van der Waals surface area contributed by atoms with Gasteiger partial charge in [-0.05, 0) is 49.2 Å². The molecule has 2 heteroatoms. The monoisotopic (exact) mass is 196 g/mol. The van der Waals surface area contributed by atoms with Crippen molar-refractivity contribution in [2.45, 2.75) is 13.8 Å². The van der Waals surface area contributed by atoms with E-state index < -0.39 is 0 Å². The lowest BCUT2D eigenvalue weighted by molar-refractivity contribution is 1.04. The van der Waals surface area contributed by atoms with Gasteiger partial charge in [0.25, 0.3) is 0 Å². The fraction of sp³-hybridized carbons (Fsp3) is 0.154. The van der Waals surface area contributed by atoms with Gasteiger partial charge in [0.1, 0.15) is 11.8 Å². The Morgan fingerprint density at radius 1 is 1.13 bits per heavy atom. The normalized spacial score (nSPS) is 9.93. The summed E-state index contributed by atoms with van der Waals surface area (Å²) in [6, 6.07) is 12.2. The van der Waals surface area contributed by atoms with Gasteiger partial charge < -0.3 is 4.57 Å². The molecule has 0 unspecified atom stereocenters. The summed E-state index contributed by atoms with van der Waals surface area (Å²) in [5.74, 6) is 0. The smallest absolute Gasteiger partial charge is 0.124 e. The second kappa shape index (κ2) is 3.62. The minimum atomic E-state index is 0.667. The molecule has 15 heavy (non-hydrogen) atoms. The average molecular weight is 196 g/mol. The van der Waals surface area contributed by atoms with Gasteiger partial charge in [0.2, 0.25) is 0 Å². The van der Waals surface area contributed by atoms with Crippen LogP contribution < -0.4 is 0 Å². The topological polar surface area (TPSA) is 28.7 Å². The van der Waals surface area contributed by atoms with Gasteiger partial charge in [0, 0.05) is 11.9 Å². The third-order valence-corrected chi connectivity index (χ3v) is 2.35. The van der Waals surface area contributed by atoms with Crippen molar-refractivity contribution in [2.24, 2.45) is 0 Å². The Kier molecular flexibility index (Phi) is 2.31. The minimum Gasteiger partial charge on any atom is -0.308 e. The maximum absolute atomic E-state index is 8.94. The Labute approximate surface area is 89.4 Å². The number of rotatable bonds is 1. The van der Waals surface area contributed by atoms with E-state index in [1.807, 2.05) is 22.9 Å². The lowest BCUT2D eigenvalue weighted by Gasteiger charge is -2.07. The van der Waals surface area contributed by atoms with Crippen LogP contribution in [-0.4, -0.2) is 4.57 Å². The van der Waals surface area contributed by atoms with Crippen molar-refractivity contribution >= 4 is 0 Å². The van der Waals surface area contributed by atoms with E-state index in [1.54, 1.807) is 0 Å². The van der Waals surface area contributed by atoms with E-state index in [-0.39, 0.29) is 0 Å². The summed E-state index contributed by atoms with van der Waals surface area (Å²) in [6.07, 6.45) is 1.91. The lowest BCUT2D eigenvalue weighted by atomic mass is 10.1. The average Bonchev–Trinajstić information content (AvgIpc) is 2.63. The highest BCUT2D eigenvalue weighted by atomic mass is 15.0. The molecule has 0 aliphatic carbocycles. The summed E-state index contributed by atoms with van der Waals surface area (Å²) in [5, 5.41) is 8.94. The predicted molar refractivity (Wildman–Crippen MR) is 60.0 cm³/mol. The zero-order valence-corrected chi connectivity index (χ0v) is 8.86. The summed E-state index contributed by atoms with van der Waals surface area (Å²) >= 11 is 0. The Morgan fingerprint density at radius 2 is 1.80 bits per heavy atom. The van der Waals surface area contributed by atoms with E-state index in [2.05, 4.69) is 38.1 Å². The second-order valence-electron chi connectivity index (χ2n) is 3.72. The number of hydrogen-bond acceptors (Lipinski definition) is 1. The predicted octanol–water partition coefficient (Wildman–Crippen LogP) is 2.97. The molecule has 0 saturated carbocycles. The van der Waals surface area contributed by atoms with Gasteiger partial charge in [0.05, 0.1) is 0 Å². The number of aryl methyl sites for hydroxylation is 2. The maximum atomic E-state index is 8.94. The highest BCUT2D eigenvalue weighted by Crippen LogP contribution is 2.16. The third kappa shape index (κ3) is 1.77. The van der Waals surface area contributed by atoms with Crippen LogP contribution in [0.3, 0.4) is 0 Å². The van der Waals surface area contributed by atoms with Crippen LogP contribution in [0, 0.1) is 25.2 Å². The molecule has 0 aliphatic heterocycles. The first-order valence-corrected chi connectivity index (χ1v) is 4.87. The molecule has 2 rings (SSSR count). The van der Waals surface area contributed by atoms with Crippen molar-refractivity contribution in [3.05, 3.63) is 53.3 Å². The van der Waals surface area contributed by atoms with Gasteiger partial charge in [-0.3, -0.25) is 0 Å². The first-order chi connectivity index (χ1) is 7.20. The standard InChI is InChI=1S/C13H12N2/c1-10-6-11(2)8-13(7-10)15-5-3-4-12(15)9-14/h3-8H,1-2H3. The molecule has 0 saturated heterocycles. The second-order valence-corrected chi connectivity index (χ2v) is 3.72. The molecule has 74 valence electrons. The zero-order chi connectivity index (χ0) is 10.8. The SMILES string of the molecule is Cc1cc(C)cc(-n2cccc2C#N)c1. The van der Waals surface area contributed by atoms with Gasteiger partial charge >= 0.3 is 0 Å². The van der Waals surface area contributed by atoms with Crippen LogP contribution in [0.1, 0.15) is 16.8 Å². The van der Waals surface area contributed by atoms with E-state index in [9.17, 15) is 0 Å². The van der Waals surface area contributed by atoms with Crippen molar-refractivity contribution in [3.63, 3.8) is 0 Å². The fourth-order valence-electron chi connectivity index (χ4n) is 1.79. The quantitative estimate of drug-likeness (QED) is 0.689. The van der Waals surface area contributed by atoms with Gasteiger partial charge in [0.15, 0.2) is 0 Å². The molecular formula is C13H12N2. The summed E-state index contributed by atoms with van der Waals surface area (Å²) in [7, 11) is 0. The third-order valence-electron chi connectivity index (χ3n) is 2.35. The molecular weight excluding hydrogens is 184 g/mol. The molecule has 0 fully saturated rings. The zero-order valence-electron chi connectivity index (χ0n) is 8.86. The maximum Gasteiger partial charge on any atom is 0.124 e. The van der Waals surface area contributed by atoms with Crippen molar-refractivity contribution in [1.82, 2.24) is 4.57 Å². The van der Waals surface area contributed by atoms with Crippen LogP contribution in [-0.2, 0) is 0 Å². The van der Waals surface area contributed by atoms with Crippen LogP contribution in [0.5, 0.6) is 0 Å². The number of nitriles is 1. The molecule has 0 aliphatic rings. The molecule has 2 aromatic rings. The molecule has 2 nitrogen and oxygen atoms in total. The summed E-state index contributed by atoms with van der Waals surface area (Å²) < 4.78 is 1.90. The highest BCUT2D eigenvalue weighted by molar-refractivity contribution is 5.43. The van der Waals surface area contributed by atoms with E-state index >= 15 is 0 Å². The van der Waals surface area contributed by atoms with Crippen LogP contribution in [0.25, 0.3) is 5.69 Å². The first-order valence-electron chi connectivity index (χ1n) is 4.87. The van der Waals surface area contributed by atoms with Crippen LogP contribution in [0.2, 0.25) is 0 Å². The van der Waals surface area contributed by atoms with Crippen molar-refractivity contribution in [3.8, 4) is 11.8 Å². The number of benzene rings is 1. The van der Waals surface area contributed by atoms with E-state index in [0.717, 1.165) is 5.69 Å². The fourth-order valence-corrected chi connectivity index (χ4v) is 1.79. The Balaban J connectivity index is 2.60. The van der Waals surface area contributed by atoms with Crippen molar-refractivity contribution < 1.29 is 0 Å². The summed E-state index contributed by atoms with van der Waals surface area (Å²) in [5.41, 5.74) is 4.14. The number of nitrogens with zero attached hydrogens (tertiary/aromatic N) is 2. The Morgan fingerprint density at radius 3 is 2.40 bits per heavy atom.